The van der Waals surface area contributed by atoms with E-state index in [-0.39, 0.29) is 10.0 Å². The quantitative estimate of drug-likeness (QED) is 0.891. The Morgan fingerprint density at radius 2 is 1.90 bits per heavy atom. The molecule has 21 heavy (non-hydrogen) atoms. The van der Waals surface area contributed by atoms with Gasteiger partial charge in [0.05, 0.1) is 4.47 Å². The highest BCUT2D eigenvalue weighted by atomic mass is 79.9. The molecule has 0 aliphatic rings. The van der Waals surface area contributed by atoms with E-state index in [0.29, 0.717) is 11.3 Å². The van der Waals surface area contributed by atoms with E-state index in [1.165, 1.54) is 18.2 Å². The van der Waals surface area contributed by atoms with Gasteiger partial charge in [-0.25, -0.2) is 4.39 Å². The van der Waals surface area contributed by atoms with E-state index in [2.05, 4.69) is 21.2 Å². The van der Waals surface area contributed by atoms with E-state index in [4.69, 9.17) is 5.73 Å². The van der Waals surface area contributed by atoms with E-state index in [1.54, 1.807) is 19.1 Å². The molecule has 0 aliphatic heterocycles. The van der Waals surface area contributed by atoms with E-state index in [0.717, 1.165) is 11.6 Å². The molecule has 4 nitrogen and oxygen atoms in total. The molecule has 108 valence electrons. The molecule has 2 aromatic rings. The van der Waals surface area contributed by atoms with Crippen molar-refractivity contribution >= 4 is 33.4 Å². The minimum absolute atomic E-state index is 0.178. The summed E-state index contributed by atoms with van der Waals surface area (Å²) in [7, 11) is 0. The molecular formula is C15H12BrFN2O2. The number of benzene rings is 2. The predicted octanol–water partition coefficient (Wildman–Crippen LogP) is 3.25. The van der Waals surface area contributed by atoms with Crippen LogP contribution in [-0.4, -0.2) is 11.8 Å². The third-order valence-corrected chi connectivity index (χ3v) is 3.59. The number of rotatable bonds is 3. The predicted molar refractivity (Wildman–Crippen MR) is 81.8 cm³/mol. The zero-order valence-electron chi connectivity index (χ0n) is 11.1. The average Bonchev–Trinajstić information content (AvgIpc) is 2.43. The Labute approximate surface area is 129 Å². The second-order valence-corrected chi connectivity index (χ2v) is 5.33. The van der Waals surface area contributed by atoms with Gasteiger partial charge >= 0.3 is 0 Å². The first-order chi connectivity index (χ1) is 9.88. The number of halogens is 2. The molecule has 0 unspecified atom stereocenters. The van der Waals surface area contributed by atoms with Crippen LogP contribution in [-0.2, 0) is 0 Å². The van der Waals surface area contributed by atoms with Gasteiger partial charge in [0, 0.05) is 16.8 Å². The van der Waals surface area contributed by atoms with Crippen LogP contribution in [0.1, 0.15) is 26.3 Å². The van der Waals surface area contributed by atoms with Crippen molar-refractivity contribution in [2.24, 2.45) is 5.73 Å². The Bertz CT molecular complexity index is 732. The van der Waals surface area contributed by atoms with Gasteiger partial charge in [0.1, 0.15) is 5.82 Å². The number of nitrogens with one attached hydrogen (secondary N) is 1. The van der Waals surface area contributed by atoms with Crippen molar-refractivity contribution < 1.29 is 14.0 Å². The van der Waals surface area contributed by atoms with Crippen LogP contribution in [0.5, 0.6) is 0 Å². The first kappa shape index (κ1) is 15.2. The van der Waals surface area contributed by atoms with Crippen molar-refractivity contribution in [2.45, 2.75) is 6.92 Å². The molecule has 2 rings (SSSR count). The number of carbonyl (C=O) groups excluding carboxylic acids is 2. The van der Waals surface area contributed by atoms with Gasteiger partial charge < -0.3 is 11.1 Å². The van der Waals surface area contributed by atoms with Crippen molar-refractivity contribution in [1.29, 1.82) is 0 Å². The molecule has 0 aliphatic carbocycles. The number of amides is 2. The molecule has 0 spiro atoms. The molecule has 6 heteroatoms. The molecule has 2 amide bonds. The standard InChI is InChI=1S/C15H12BrFN2O2/c1-8-2-4-10(7-11(8)14(18)20)19-15(21)9-3-5-12(16)13(17)6-9/h2-7H,1H3,(H2,18,20)(H,19,21). The number of primary amides is 1. The summed E-state index contributed by atoms with van der Waals surface area (Å²) in [5.74, 6) is -1.57. The van der Waals surface area contributed by atoms with Gasteiger partial charge in [-0.05, 0) is 58.7 Å². The largest absolute Gasteiger partial charge is 0.366 e. The van der Waals surface area contributed by atoms with Crippen molar-refractivity contribution in [3.05, 3.63) is 63.4 Å². The van der Waals surface area contributed by atoms with E-state index >= 15 is 0 Å². The third-order valence-electron chi connectivity index (χ3n) is 2.94. The van der Waals surface area contributed by atoms with Crippen molar-refractivity contribution in [3.63, 3.8) is 0 Å². The average molecular weight is 351 g/mol. The maximum Gasteiger partial charge on any atom is 0.255 e. The molecule has 0 bridgehead atoms. The first-order valence-corrected chi connectivity index (χ1v) is 6.84. The Hall–Kier alpha value is -2.21. The van der Waals surface area contributed by atoms with Crippen molar-refractivity contribution in [3.8, 4) is 0 Å². The second kappa shape index (κ2) is 6.05. The zero-order valence-corrected chi connectivity index (χ0v) is 12.7. The fourth-order valence-corrected chi connectivity index (χ4v) is 2.05. The van der Waals surface area contributed by atoms with Gasteiger partial charge in [-0.15, -0.1) is 0 Å². The van der Waals surface area contributed by atoms with Crippen LogP contribution in [0, 0.1) is 12.7 Å². The molecule has 2 aromatic carbocycles. The summed E-state index contributed by atoms with van der Waals surface area (Å²) in [4.78, 5) is 23.3. The van der Waals surface area contributed by atoms with Crippen LogP contribution in [0.2, 0.25) is 0 Å². The molecule has 0 aromatic heterocycles. The molecule has 0 fully saturated rings. The Morgan fingerprint density at radius 3 is 2.52 bits per heavy atom. The van der Waals surface area contributed by atoms with Gasteiger partial charge in [-0.2, -0.15) is 0 Å². The lowest BCUT2D eigenvalue weighted by molar-refractivity contribution is 0.0995. The van der Waals surface area contributed by atoms with Gasteiger partial charge in [0.15, 0.2) is 0 Å². The highest BCUT2D eigenvalue weighted by molar-refractivity contribution is 9.10. The van der Waals surface area contributed by atoms with E-state index in [9.17, 15) is 14.0 Å². The van der Waals surface area contributed by atoms with Crippen LogP contribution >= 0.6 is 15.9 Å². The SMILES string of the molecule is Cc1ccc(NC(=O)c2ccc(Br)c(F)c2)cc1C(N)=O. The topological polar surface area (TPSA) is 72.2 Å². The van der Waals surface area contributed by atoms with Crippen LogP contribution in [0.4, 0.5) is 10.1 Å². The monoisotopic (exact) mass is 350 g/mol. The third kappa shape index (κ3) is 3.46. The van der Waals surface area contributed by atoms with Crippen LogP contribution < -0.4 is 11.1 Å². The Morgan fingerprint density at radius 1 is 1.19 bits per heavy atom. The number of aryl methyl sites for hydroxylation is 1. The molecule has 0 saturated carbocycles. The number of hydrogen-bond donors (Lipinski definition) is 2. The molecule has 3 N–H and O–H groups in total. The number of anilines is 1. The number of nitrogens with two attached hydrogens (primary N) is 1. The van der Waals surface area contributed by atoms with Crippen LogP contribution in [0.15, 0.2) is 40.9 Å². The lowest BCUT2D eigenvalue weighted by Crippen LogP contribution is -2.15. The van der Waals surface area contributed by atoms with Gasteiger partial charge in [0.25, 0.3) is 5.91 Å². The van der Waals surface area contributed by atoms with Crippen molar-refractivity contribution in [2.75, 3.05) is 5.32 Å². The van der Waals surface area contributed by atoms with Crippen molar-refractivity contribution in [1.82, 2.24) is 0 Å². The summed E-state index contributed by atoms with van der Waals surface area (Å²) in [6.45, 7) is 1.75. The van der Waals surface area contributed by atoms with Crippen LogP contribution in [0.25, 0.3) is 0 Å². The van der Waals surface area contributed by atoms with Gasteiger partial charge in [-0.3, -0.25) is 9.59 Å². The molecule has 0 saturated heterocycles. The Balaban J connectivity index is 2.25. The molecular weight excluding hydrogens is 339 g/mol. The Kier molecular flexibility index (Phi) is 4.37. The summed E-state index contributed by atoms with van der Waals surface area (Å²) >= 11 is 3.02. The molecule has 0 heterocycles. The summed E-state index contributed by atoms with van der Waals surface area (Å²) in [6.07, 6.45) is 0. The van der Waals surface area contributed by atoms with E-state index in [1.807, 2.05) is 0 Å². The molecule has 0 radical (unpaired) electrons. The van der Waals surface area contributed by atoms with Gasteiger partial charge in [-0.1, -0.05) is 6.07 Å². The zero-order chi connectivity index (χ0) is 15.6. The van der Waals surface area contributed by atoms with Gasteiger partial charge in [0.2, 0.25) is 5.91 Å². The number of carbonyl (C=O) groups is 2. The maximum atomic E-state index is 13.4. The lowest BCUT2D eigenvalue weighted by atomic mass is 10.1. The summed E-state index contributed by atoms with van der Waals surface area (Å²) in [5, 5.41) is 2.60. The smallest absolute Gasteiger partial charge is 0.255 e. The second-order valence-electron chi connectivity index (χ2n) is 4.48. The molecule has 0 atom stereocenters. The first-order valence-electron chi connectivity index (χ1n) is 6.05. The highest BCUT2D eigenvalue weighted by Gasteiger charge is 2.11. The summed E-state index contributed by atoms with van der Waals surface area (Å²) in [5.41, 5.74) is 6.90. The highest BCUT2D eigenvalue weighted by Crippen LogP contribution is 2.19. The normalized spacial score (nSPS) is 10.2. The summed E-state index contributed by atoms with van der Waals surface area (Å²) in [6, 6.07) is 8.89. The fraction of sp³-hybridized carbons (Fsp3) is 0.0667. The number of hydrogen-bond acceptors (Lipinski definition) is 2. The minimum atomic E-state index is -0.571. The maximum absolute atomic E-state index is 13.4. The summed E-state index contributed by atoms with van der Waals surface area (Å²) < 4.78 is 13.7. The lowest BCUT2D eigenvalue weighted by Gasteiger charge is -2.08. The van der Waals surface area contributed by atoms with Crippen LogP contribution in [0.3, 0.4) is 0 Å². The fourth-order valence-electron chi connectivity index (χ4n) is 1.81. The van der Waals surface area contributed by atoms with E-state index < -0.39 is 17.6 Å². The minimum Gasteiger partial charge on any atom is -0.366 e.